The largest absolute Gasteiger partial charge is 0.377 e. The van der Waals surface area contributed by atoms with Gasteiger partial charge in [0.1, 0.15) is 5.82 Å². The number of para-hydroxylation sites is 1. The summed E-state index contributed by atoms with van der Waals surface area (Å²) in [6.45, 7) is 3.13. The number of nitrogens with zero attached hydrogens (tertiary/aromatic N) is 3. The van der Waals surface area contributed by atoms with Crippen molar-refractivity contribution < 1.29 is 4.74 Å². The average molecular weight is 373 g/mol. The first-order valence-corrected chi connectivity index (χ1v) is 10.8. The number of nitrogens with one attached hydrogen (secondary N) is 1. The van der Waals surface area contributed by atoms with Gasteiger partial charge in [-0.05, 0) is 63.2 Å². The molecule has 140 valence electrons. The number of hydrogen-bond donors (Lipinski definition) is 1. The van der Waals surface area contributed by atoms with E-state index in [4.69, 9.17) is 4.74 Å². The van der Waals surface area contributed by atoms with Crippen molar-refractivity contribution >= 4 is 11.8 Å². The second-order valence-corrected chi connectivity index (χ2v) is 8.25. The molecule has 26 heavy (non-hydrogen) atoms. The summed E-state index contributed by atoms with van der Waals surface area (Å²) in [6, 6.07) is 10.5. The number of ether oxygens (including phenoxy) is 1. The van der Waals surface area contributed by atoms with Crippen LogP contribution in [0.25, 0.3) is 5.69 Å². The van der Waals surface area contributed by atoms with Crippen LogP contribution in [0.5, 0.6) is 0 Å². The Balaban J connectivity index is 1.52. The number of benzene rings is 1. The first kappa shape index (κ1) is 18.0. The molecule has 3 heterocycles. The van der Waals surface area contributed by atoms with Crippen molar-refractivity contribution in [2.24, 2.45) is 5.92 Å². The van der Waals surface area contributed by atoms with Gasteiger partial charge >= 0.3 is 0 Å². The lowest BCUT2D eigenvalue weighted by atomic mass is 9.94. The molecule has 2 aliphatic heterocycles. The Morgan fingerprint density at radius 1 is 1.08 bits per heavy atom. The van der Waals surface area contributed by atoms with Crippen LogP contribution in [0.15, 0.2) is 35.5 Å². The molecule has 5 nitrogen and oxygen atoms in total. The molecule has 0 aliphatic carbocycles. The lowest BCUT2D eigenvalue weighted by molar-refractivity contribution is 0.0315. The second kappa shape index (κ2) is 9.02. The monoisotopic (exact) mass is 372 g/mol. The third kappa shape index (κ3) is 4.48. The number of hydrogen-bond acceptors (Lipinski definition) is 5. The molecule has 1 N–H and O–H groups in total. The summed E-state index contributed by atoms with van der Waals surface area (Å²) < 4.78 is 8.15. The van der Waals surface area contributed by atoms with Gasteiger partial charge in [-0.1, -0.05) is 30.0 Å². The molecule has 0 radical (unpaired) electrons. The van der Waals surface area contributed by atoms with Gasteiger partial charge in [0.2, 0.25) is 0 Å². The maximum Gasteiger partial charge on any atom is 0.195 e. The molecule has 0 saturated carbocycles. The topological polar surface area (TPSA) is 52.0 Å². The van der Waals surface area contributed by atoms with Crippen molar-refractivity contribution in [2.45, 2.75) is 49.8 Å². The zero-order valence-corrected chi connectivity index (χ0v) is 16.1. The normalized spacial score (nSPS) is 21.8. The summed E-state index contributed by atoms with van der Waals surface area (Å²) in [5.41, 5.74) is 1.16. The fourth-order valence-corrected chi connectivity index (χ4v) is 4.85. The summed E-state index contributed by atoms with van der Waals surface area (Å²) in [7, 11) is 0. The highest BCUT2D eigenvalue weighted by atomic mass is 32.2. The van der Waals surface area contributed by atoms with E-state index in [9.17, 15) is 0 Å². The van der Waals surface area contributed by atoms with Crippen LogP contribution in [0, 0.1) is 5.92 Å². The number of rotatable bonds is 6. The van der Waals surface area contributed by atoms with Crippen molar-refractivity contribution in [1.82, 2.24) is 20.1 Å². The highest BCUT2D eigenvalue weighted by Gasteiger charge is 2.22. The Bertz CT molecular complexity index is 678. The highest BCUT2D eigenvalue weighted by molar-refractivity contribution is 7.99. The molecule has 0 unspecified atom stereocenters. The van der Waals surface area contributed by atoms with Gasteiger partial charge in [-0.2, -0.15) is 0 Å². The van der Waals surface area contributed by atoms with Crippen molar-refractivity contribution in [3.05, 3.63) is 36.2 Å². The molecular weight excluding hydrogens is 344 g/mol. The molecule has 1 aromatic carbocycles. The smallest absolute Gasteiger partial charge is 0.195 e. The predicted molar refractivity (Wildman–Crippen MR) is 105 cm³/mol. The molecule has 6 heteroatoms. The SMILES string of the molecule is c1ccc(-n2c(CC3CCNCC3)nnc2SC[C@H]2CCCCO2)cc1. The molecule has 2 fully saturated rings. The lowest BCUT2D eigenvalue weighted by Gasteiger charge is -2.23. The Hall–Kier alpha value is -1.37. The molecule has 2 aromatic rings. The van der Waals surface area contributed by atoms with E-state index in [1.807, 2.05) is 0 Å². The molecular formula is C20H28N4OS. The number of thioether (sulfide) groups is 1. The van der Waals surface area contributed by atoms with Crippen LogP contribution >= 0.6 is 11.8 Å². The predicted octanol–water partition coefficient (Wildman–Crippen LogP) is 3.47. The lowest BCUT2D eigenvalue weighted by Crippen LogP contribution is -2.29. The molecule has 2 aliphatic rings. The van der Waals surface area contributed by atoms with E-state index < -0.39 is 0 Å². The second-order valence-electron chi connectivity index (χ2n) is 7.27. The van der Waals surface area contributed by atoms with Crippen LogP contribution < -0.4 is 5.32 Å². The fraction of sp³-hybridized carbons (Fsp3) is 0.600. The van der Waals surface area contributed by atoms with E-state index in [-0.39, 0.29) is 0 Å². The van der Waals surface area contributed by atoms with Gasteiger partial charge in [0.25, 0.3) is 0 Å². The third-order valence-electron chi connectivity index (χ3n) is 5.32. The molecule has 0 amide bonds. The molecule has 2 saturated heterocycles. The van der Waals surface area contributed by atoms with Gasteiger partial charge in [-0.15, -0.1) is 10.2 Å². The maximum absolute atomic E-state index is 5.89. The molecule has 1 atom stereocenters. The number of aromatic nitrogens is 3. The van der Waals surface area contributed by atoms with Gasteiger partial charge in [-0.25, -0.2) is 0 Å². The first-order valence-electron chi connectivity index (χ1n) is 9.85. The Morgan fingerprint density at radius 3 is 2.69 bits per heavy atom. The zero-order valence-electron chi connectivity index (χ0n) is 15.3. The van der Waals surface area contributed by atoms with Crippen molar-refractivity contribution in [1.29, 1.82) is 0 Å². The quantitative estimate of drug-likeness (QED) is 0.787. The van der Waals surface area contributed by atoms with E-state index in [2.05, 4.69) is 50.4 Å². The van der Waals surface area contributed by atoms with E-state index in [0.717, 1.165) is 55.0 Å². The molecule has 4 rings (SSSR count). The molecule has 1 aromatic heterocycles. The Labute approximate surface area is 159 Å². The van der Waals surface area contributed by atoms with Crippen molar-refractivity contribution in [3.63, 3.8) is 0 Å². The van der Waals surface area contributed by atoms with E-state index >= 15 is 0 Å². The standard InChI is InChI=1S/C20H28N4OS/c1-2-6-17(7-3-1)24-19(14-16-9-11-21-12-10-16)22-23-20(24)26-15-18-8-4-5-13-25-18/h1-3,6-7,16,18,21H,4-5,8-15H2/t18-/m1/s1. The van der Waals surface area contributed by atoms with Gasteiger partial charge in [0.05, 0.1) is 6.10 Å². The fourth-order valence-electron chi connectivity index (χ4n) is 3.81. The van der Waals surface area contributed by atoms with Crippen molar-refractivity contribution in [3.8, 4) is 5.69 Å². The molecule has 0 spiro atoms. The summed E-state index contributed by atoms with van der Waals surface area (Å²) in [5, 5.41) is 13.6. The van der Waals surface area contributed by atoms with Crippen LogP contribution in [0.1, 0.15) is 37.9 Å². The summed E-state index contributed by atoms with van der Waals surface area (Å²) in [6.07, 6.45) is 7.43. The Morgan fingerprint density at radius 2 is 1.92 bits per heavy atom. The summed E-state index contributed by atoms with van der Waals surface area (Å²) in [4.78, 5) is 0. The minimum Gasteiger partial charge on any atom is -0.377 e. The summed E-state index contributed by atoms with van der Waals surface area (Å²) in [5.74, 6) is 2.75. The average Bonchev–Trinajstić information content (AvgIpc) is 3.11. The van der Waals surface area contributed by atoms with Crippen LogP contribution in [0.3, 0.4) is 0 Å². The van der Waals surface area contributed by atoms with Gasteiger partial charge in [-0.3, -0.25) is 4.57 Å². The van der Waals surface area contributed by atoms with Crippen LogP contribution in [0.2, 0.25) is 0 Å². The maximum atomic E-state index is 5.89. The van der Waals surface area contributed by atoms with Crippen LogP contribution in [0.4, 0.5) is 0 Å². The van der Waals surface area contributed by atoms with Crippen molar-refractivity contribution in [2.75, 3.05) is 25.4 Å². The third-order valence-corrected chi connectivity index (χ3v) is 6.38. The van der Waals surface area contributed by atoms with Gasteiger partial charge in [0.15, 0.2) is 5.16 Å². The minimum atomic E-state index is 0.350. The van der Waals surface area contributed by atoms with E-state index in [0.29, 0.717) is 12.0 Å². The van der Waals surface area contributed by atoms with E-state index in [1.165, 1.54) is 25.7 Å². The Kier molecular flexibility index (Phi) is 6.25. The first-order chi connectivity index (χ1) is 12.9. The van der Waals surface area contributed by atoms with E-state index in [1.54, 1.807) is 11.8 Å². The highest BCUT2D eigenvalue weighted by Crippen LogP contribution is 2.27. The summed E-state index contributed by atoms with van der Waals surface area (Å²) >= 11 is 1.78. The number of piperidine rings is 1. The van der Waals surface area contributed by atoms with Crippen LogP contribution in [-0.2, 0) is 11.2 Å². The minimum absolute atomic E-state index is 0.350. The van der Waals surface area contributed by atoms with Gasteiger partial charge < -0.3 is 10.1 Å². The van der Waals surface area contributed by atoms with Gasteiger partial charge in [0, 0.05) is 24.5 Å². The van der Waals surface area contributed by atoms with Crippen LogP contribution in [-0.4, -0.2) is 46.3 Å². The molecule has 0 bridgehead atoms. The zero-order chi connectivity index (χ0) is 17.6.